The Hall–Kier alpha value is -1.15. The van der Waals surface area contributed by atoms with Crippen LogP contribution in [0.4, 0.5) is 0 Å². The van der Waals surface area contributed by atoms with E-state index in [1.165, 1.54) is 6.21 Å². The van der Waals surface area contributed by atoms with E-state index in [4.69, 9.17) is 16.7 Å². The van der Waals surface area contributed by atoms with E-state index >= 15 is 0 Å². The average molecular weight is 112 g/mol. The summed E-state index contributed by atoms with van der Waals surface area (Å²) in [5.41, 5.74) is 12.9. The van der Waals surface area contributed by atoms with Crippen LogP contribution in [0.5, 0.6) is 0 Å². The Morgan fingerprint density at radius 1 is 2.00 bits per heavy atom. The number of nitrogens with zero attached hydrogens (tertiary/aromatic N) is 2. The maximum atomic E-state index is 7.90. The lowest BCUT2D eigenvalue weighted by Crippen LogP contribution is -2.20. The van der Waals surface area contributed by atoms with E-state index in [9.17, 15) is 0 Å². The van der Waals surface area contributed by atoms with Gasteiger partial charge in [0.2, 0.25) is 0 Å². The molecular weight excluding hydrogens is 104 g/mol. The van der Waals surface area contributed by atoms with Crippen LogP contribution in [0.3, 0.4) is 0 Å². The van der Waals surface area contributed by atoms with Crippen molar-refractivity contribution in [1.82, 2.24) is 0 Å². The number of hydrogen-bond donors (Lipinski definition) is 2. The summed E-state index contributed by atoms with van der Waals surface area (Å²) in [6.45, 7) is 1.67. The molecule has 0 fully saturated rings. The molecule has 0 rings (SSSR count). The maximum absolute atomic E-state index is 7.90. The molecule has 3 N–H and O–H groups in total. The molecule has 0 heterocycles. The normalized spacial score (nSPS) is 11.6. The molecule has 1 unspecified atom stereocenters. The molecule has 0 aromatic carbocycles. The third-order valence-corrected chi connectivity index (χ3v) is 0.781. The van der Waals surface area contributed by atoms with E-state index in [-0.39, 0.29) is 11.8 Å². The molecule has 0 bridgehead atoms. The molecule has 8 heavy (non-hydrogen) atoms. The van der Waals surface area contributed by atoms with Crippen molar-refractivity contribution in [2.75, 3.05) is 0 Å². The summed E-state index contributed by atoms with van der Waals surface area (Å²) in [6.07, 6.45) is 1.20. The van der Waals surface area contributed by atoms with Crippen molar-refractivity contribution in [3.63, 3.8) is 0 Å². The molecule has 4 nitrogen and oxygen atoms in total. The van der Waals surface area contributed by atoms with Gasteiger partial charge < -0.3 is 11.3 Å². The van der Waals surface area contributed by atoms with Crippen LogP contribution in [0.2, 0.25) is 0 Å². The quantitative estimate of drug-likeness (QED) is 0.221. The summed E-state index contributed by atoms with van der Waals surface area (Å²) in [7, 11) is 0. The standard InChI is InChI=1S/C4H8N4/c1-3(2-8-7)4(5)6/h2-3H,1H3,(H3,5,6). The summed E-state index contributed by atoms with van der Waals surface area (Å²) in [4.78, 5) is 2.71. The minimum absolute atomic E-state index is 0.00259. The summed E-state index contributed by atoms with van der Waals surface area (Å²) in [5.74, 6) is -0.261. The van der Waals surface area contributed by atoms with Gasteiger partial charge >= 0.3 is 0 Å². The van der Waals surface area contributed by atoms with Crippen molar-refractivity contribution in [1.29, 1.82) is 5.41 Å². The molecule has 0 saturated heterocycles. The smallest absolute Gasteiger partial charge is 0.267 e. The first-order valence-corrected chi connectivity index (χ1v) is 2.20. The highest BCUT2D eigenvalue weighted by Crippen LogP contribution is 1.83. The number of rotatable bonds is 2. The van der Waals surface area contributed by atoms with Gasteiger partial charge in [0.15, 0.2) is 0 Å². The van der Waals surface area contributed by atoms with Crippen LogP contribution in [-0.2, 0) is 0 Å². The zero-order valence-corrected chi connectivity index (χ0v) is 4.63. The molecule has 0 spiro atoms. The molecule has 0 aromatic rings. The average Bonchev–Trinajstić information content (AvgIpc) is 1.67. The van der Waals surface area contributed by atoms with Gasteiger partial charge in [-0.25, -0.2) is 0 Å². The van der Waals surface area contributed by atoms with E-state index in [0.29, 0.717) is 0 Å². The number of hydrogen-bond acceptors (Lipinski definition) is 1. The van der Waals surface area contributed by atoms with Gasteiger partial charge in [0.1, 0.15) is 11.8 Å². The van der Waals surface area contributed by atoms with Gasteiger partial charge in [0, 0.05) is 0 Å². The lowest BCUT2D eigenvalue weighted by molar-refractivity contribution is -0.000573. The minimum atomic E-state index is -0.264. The van der Waals surface area contributed by atoms with Gasteiger partial charge in [-0.2, -0.15) is 4.79 Å². The van der Waals surface area contributed by atoms with Crippen LogP contribution in [0, 0.1) is 11.3 Å². The Kier molecular flexibility index (Phi) is 2.51. The van der Waals surface area contributed by atoms with Crippen molar-refractivity contribution < 1.29 is 4.79 Å². The minimum Gasteiger partial charge on any atom is -0.387 e. The van der Waals surface area contributed by atoms with Gasteiger partial charge in [-0.05, 0) is 6.92 Å². The fourth-order valence-corrected chi connectivity index (χ4v) is 0.180. The van der Waals surface area contributed by atoms with E-state index in [1.54, 1.807) is 6.92 Å². The summed E-state index contributed by atoms with van der Waals surface area (Å²) in [6, 6.07) is 0. The number of amidine groups is 1. The van der Waals surface area contributed by atoms with Crippen LogP contribution < -0.4 is 5.73 Å². The Bertz CT molecular complexity index is 131. The SMILES string of the molecule is CC(C=[N+]=[N-])C(=N)N. The van der Waals surface area contributed by atoms with Crippen LogP contribution in [0.1, 0.15) is 6.92 Å². The molecule has 0 aromatic heterocycles. The zero-order valence-electron chi connectivity index (χ0n) is 4.63. The van der Waals surface area contributed by atoms with Crippen LogP contribution in [0.25, 0.3) is 5.53 Å². The maximum Gasteiger partial charge on any atom is 0.267 e. The molecular formula is C4H8N4. The van der Waals surface area contributed by atoms with E-state index in [0.717, 1.165) is 0 Å². The van der Waals surface area contributed by atoms with Crippen molar-refractivity contribution in [2.45, 2.75) is 6.92 Å². The number of nitrogens with two attached hydrogens (primary N) is 1. The van der Waals surface area contributed by atoms with Gasteiger partial charge in [0.25, 0.3) is 6.21 Å². The predicted octanol–water partition coefficient (Wildman–Crippen LogP) is -0.141. The Morgan fingerprint density at radius 2 is 2.50 bits per heavy atom. The molecule has 0 aliphatic heterocycles. The fraction of sp³-hybridized carbons (Fsp3) is 0.500. The summed E-state index contributed by atoms with van der Waals surface area (Å²) in [5, 5.41) is 6.78. The predicted molar refractivity (Wildman–Crippen MR) is 30.8 cm³/mol. The molecule has 0 amide bonds. The molecule has 44 valence electrons. The van der Waals surface area contributed by atoms with Crippen LogP contribution >= 0.6 is 0 Å². The lowest BCUT2D eigenvalue weighted by atomic mass is 10.2. The topological polar surface area (TPSA) is 86.3 Å². The largest absolute Gasteiger partial charge is 0.387 e. The molecule has 4 heteroatoms. The third-order valence-electron chi connectivity index (χ3n) is 0.781. The highest BCUT2D eigenvalue weighted by Gasteiger charge is 2.03. The second-order valence-electron chi connectivity index (χ2n) is 1.51. The fourth-order valence-electron chi connectivity index (χ4n) is 0.180. The van der Waals surface area contributed by atoms with Crippen LogP contribution in [0.15, 0.2) is 0 Å². The van der Waals surface area contributed by atoms with Crippen molar-refractivity contribution in [3.8, 4) is 0 Å². The Balaban J connectivity index is 3.82. The first-order valence-electron chi connectivity index (χ1n) is 2.20. The van der Waals surface area contributed by atoms with Crippen molar-refractivity contribution >= 4 is 12.1 Å². The van der Waals surface area contributed by atoms with Gasteiger partial charge in [-0.15, -0.1) is 0 Å². The van der Waals surface area contributed by atoms with Gasteiger partial charge in [0.05, 0.1) is 0 Å². The van der Waals surface area contributed by atoms with Crippen molar-refractivity contribution in [2.24, 2.45) is 11.7 Å². The van der Waals surface area contributed by atoms with E-state index in [1.807, 2.05) is 0 Å². The van der Waals surface area contributed by atoms with E-state index in [2.05, 4.69) is 4.79 Å². The first kappa shape index (κ1) is 6.85. The van der Waals surface area contributed by atoms with Gasteiger partial charge in [-0.3, -0.25) is 5.41 Å². The lowest BCUT2D eigenvalue weighted by Gasteiger charge is -1.92. The highest BCUT2D eigenvalue weighted by atomic mass is 14.8. The van der Waals surface area contributed by atoms with Crippen LogP contribution in [-0.4, -0.2) is 16.8 Å². The summed E-state index contributed by atoms with van der Waals surface area (Å²) < 4.78 is 0. The second-order valence-corrected chi connectivity index (χ2v) is 1.51. The third kappa shape index (κ3) is 2.10. The molecule has 0 aliphatic rings. The van der Waals surface area contributed by atoms with Crippen molar-refractivity contribution in [3.05, 3.63) is 5.53 Å². The zero-order chi connectivity index (χ0) is 6.57. The number of nitrogens with one attached hydrogen (secondary N) is 1. The van der Waals surface area contributed by atoms with E-state index < -0.39 is 0 Å². The molecule has 0 radical (unpaired) electrons. The highest BCUT2D eigenvalue weighted by molar-refractivity contribution is 5.91. The summed E-state index contributed by atoms with van der Waals surface area (Å²) >= 11 is 0. The monoisotopic (exact) mass is 112 g/mol. The Morgan fingerprint density at radius 3 is 2.62 bits per heavy atom. The molecule has 0 saturated carbocycles. The molecule has 0 aliphatic carbocycles. The molecule has 1 atom stereocenters. The first-order chi connectivity index (χ1) is 3.68. The Labute approximate surface area is 47.4 Å². The van der Waals surface area contributed by atoms with Gasteiger partial charge in [-0.1, -0.05) is 0 Å². The second kappa shape index (κ2) is 2.93.